The molecule has 1 amide bonds. The molecule has 0 saturated heterocycles. The Balaban J connectivity index is 2.02. The van der Waals surface area contributed by atoms with Gasteiger partial charge in [0.15, 0.2) is 0 Å². The largest absolute Gasteiger partial charge is 0.443 e. The van der Waals surface area contributed by atoms with Crippen molar-refractivity contribution in [1.82, 2.24) is 5.32 Å². The summed E-state index contributed by atoms with van der Waals surface area (Å²) in [6.07, 6.45) is 5.86. The Hall–Kier alpha value is -0.770. The number of carbonyl (C=O) groups excluding carboxylic acids is 1. The van der Waals surface area contributed by atoms with E-state index in [2.05, 4.69) is 12.2 Å². The van der Waals surface area contributed by atoms with Crippen LogP contribution in [-0.2, 0) is 4.74 Å². The zero-order valence-electron chi connectivity index (χ0n) is 10.1. The first-order valence-electron chi connectivity index (χ1n) is 6.36. The second kappa shape index (κ2) is 7.49. The van der Waals surface area contributed by atoms with Crippen molar-refractivity contribution in [3.05, 3.63) is 0 Å². The summed E-state index contributed by atoms with van der Waals surface area (Å²) in [6.45, 7) is 2.82. The van der Waals surface area contributed by atoms with Crippen molar-refractivity contribution in [1.29, 1.82) is 0 Å². The summed E-state index contributed by atoms with van der Waals surface area (Å²) in [6, 6.07) is 0. The molecule has 1 aliphatic carbocycles. The fourth-order valence-corrected chi connectivity index (χ4v) is 1.97. The lowest BCUT2D eigenvalue weighted by atomic mass is 10.2. The highest BCUT2D eigenvalue weighted by Crippen LogP contribution is 2.21. The minimum atomic E-state index is -0.467. The predicted octanol–water partition coefficient (Wildman–Crippen LogP) is 2.21. The molecule has 0 bridgehead atoms. The number of carbonyl (C=O) groups is 1. The molecule has 0 aromatic rings. The average molecular weight is 229 g/mol. The van der Waals surface area contributed by atoms with Crippen LogP contribution in [0.5, 0.6) is 0 Å². The third-order valence-electron chi connectivity index (χ3n) is 2.98. The lowest BCUT2D eigenvalue weighted by Crippen LogP contribution is -2.33. The van der Waals surface area contributed by atoms with E-state index in [0.29, 0.717) is 6.54 Å². The van der Waals surface area contributed by atoms with E-state index in [1.54, 1.807) is 0 Å². The second-order valence-corrected chi connectivity index (χ2v) is 4.43. The molecule has 2 N–H and O–H groups in total. The molecular formula is C12H23NO3. The number of nitrogens with one attached hydrogen (secondary N) is 1. The number of alkyl carbamates (subject to hydrolysis) is 1. The van der Waals surface area contributed by atoms with E-state index >= 15 is 0 Å². The van der Waals surface area contributed by atoms with Crippen LogP contribution >= 0.6 is 0 Å². The Labute approximate surface area is 97.4 Å². The van der Waals surface area contributed by atoms with Crippen LogP contribution in [0.4, 0.5) is 4.79 Å². The van der Waals surface area contributed by atoms with Crippen molar-refractivity contribution in [3.63, 3.8) is 0 Å². The van der Waals surface area contributed by atoms with Gasteiger partial charge in [0.25, 0.3) is 0 Å². The summed E-state index contributed by atoms with van der Waals surface area (Å²) in [5.41, 5.74) is 0. The van der Waals surface area contributed by atoms with Crippen molar-refractivity contribution < 1.29 is 14.6 Å². The van der Waals surface area contributed by atoms with Crippen LogP contribution in [-0.4, -0.2) is 30.0 Å². The molecule has 1 rings (SSSR count). The summed E-state index contributed by atoms with van der Waals surface area (Å²) >= 11 is 0. The molecule has 0 aliphatic heterocycles. The third kappa shape index (κ3) is 4.84. The summed E-state index contributed by atoms with van der Waals surface area (Å²) in [5, 5.41) is 12.2. The highest BCUT2D eigenvalue weighted by atomic mass is 16.6. The van der Waals surface area contributed by atoms with Gasteiger partial charge in [-0.05, 0) is 25.7 Å². The Morgan fingerprint density at radius 3 is 2.81 bits per heavy atom. The van der Waals surface area contributed by atoms with Gasteiger partial charge in [-0.25, -0.2) is 4.79 Å². The van der Waals surface area contributed by atoms with E-state index in [-0.39, 0.29) is 12.2 Å². The van der Waals surface area contributed by atoms with Crippen LogP contribution < -0.4 is 5.32 Å². The van der Waals surface area contributed by atoms with Crippen molar-refractivity contribution in [2.45, 2.75) is 64.1 Å². The van der Waals surface area contributed by atoms with Gasteiger partial charge in [-0.15, -0.1) is 0 Å². The third-order valence-corrected chi connectivity index (χ3v) is 2.98. The second-order valence-electron chi connectivity index (χ2n) is 4.43. The molecule has 0 aromatic carbocycles. The van der Waals surface area contributed by atoms with Gasteiger partial charge < -0.3 is 15.2 Å². The van der Waals surface area contributed by atoms with Gasteiger partial charge >= 0.3 is 6.09 Å². The molecule has 0 spiro atoms. The van der Waals surface area contributed by atoms with Crippen molar-refractivity contribution in [3.8, 4) is 0 Å². The van der Waals surface area contributed by atoms with E-state index < -0.39 is 6.10 Å². The normalized spacial score (nSPS) is 24.4. The number of amides is 1. The Bertz CT molecular complexity index is 208. The lowest BCUT2D eigenvalue weighted by Gasteiger charge is -2.15. The minimum absolute atomic E-state index is 0.296. The number of unbranched alkanes of at least 4 members (excludes halogenated alkanes) is 3. The smallest absolute Gasteiger partial charge is 0.407 e. The Morgan fingerprint density at radius 1 is 1.38 bits per heavy atom. The number of rotatable bonds is 6. The molecular weight excluding hydrogens is 206 g/mol. The predicted molar refractivity (Wildman–Crippen MR) is 62.3 cm³/mol. The molecule has 1 fully saturated rings. The van der Waals surface area contributed by atoms with Crippen molar-refractivity contribution >= 4 is 6.09 Å². The van der Waals surface area contributed by atoms with Crippen LogP contribution in [0.15, 0.2) is 0 Å². The number of aliphatic hydroxyl groups is 1. The molecule has 1 saturated carbocycles. The maximum Gasteiger partial charge on any atom is 0.407 e. The van der Waals surface area contributed by atoms with Crippen LogP contribution in [0.25, 0.3) is 0 Å². The standard InChI is InChI=1S/C12H23NO3/c1-2-3-4-5-9-13-12(15)16-11-8-6-7-10(11)14/h10-11,14H,2-9H2,1H3,(H,13,15)/t10-,11+/m1/s1. The molecule has 16 heavy (non-hydrogen) atoms. The highest BCUT2D eigenvalue weighted by molar-refractivity contribution is 5.67. The SMILES string of the molecule is CCCCCCNC(=O)O[C@H]1CCC[C@H]1O. The molecule has 0 aromatic heterocycles. The summed E-state index contributed by atoms with van der Waals surface area (Å²) < 4.78 is 5.13. The van der Waals surface area contributed by atoms with E-state index in [0.717, 1.165) is 32.1 Å². The Morgan fingerprint density at radius 2 is 2.19 bits per heavy atom. The van der Waals surface area contributed by atoms with Gasteiger partial charge in [-0.1, -0.05) is 26.2 Å². The number of aliphatic hydroxyl groups excluding tert-OH is 1. The van der Waals surface area contributed by atoms with Crippen LogP contribution in [0.3, 0.4) is 0 Å². The summed E-state index contributed by atoms with van der Waals surface area (Å²) in [4.78, 5) is 11.3. The van der Waals surface area contributed by atoms with Gasteiger partial charge in [-0.3, -0.25) is 0 Å². The van der Waals surface area contributed by atoms with Crippen LogP contribution in [0, 0.1) is 0 Å². The fourth-order valence-electron chi connectivity index (χ4n) is 1.97. The maximum atomic E-state index is 11.3. The van der Waals surface area contributed by atoms with Gasteiger partial charge in [0.1, 0.15) is 6.10 Å². The van der Waals surface area contributed by atoms with Crippen molar-refractivity contribution in [2.24, 2.45) is 0 Å². The molecule has 1 aliphatic rings. The average Bonchev–Trinajstić information content (AvgIpc) is 2.64. The van der Waals surface area contributed by atoms with E-state index in [4.69, 9.17) is 4.74 Å². The highest BCUT2D eigenvalue weighted by Gasteiger charge is 2.28. The first-order valence-corrected chi connectivity index (χ1v) is 6.36. The number of hydrogen-bond donors (Lipinski definition) is 2. The molecule has 4 nitrogen and oxygen atoms in total. The van der Waals surface area contributed by atoms with Gasteiger partial charge in [0, 0.05) is 6.54 Å². The van der Waals surface area contributed by atoms with E-state index in [9.17, 15) is 9.90 Å². The molecule has 2 atom stereocenters. The van der Waals surface area contributed by atoms with Gasteiger partial charge in [-0.2, -0.15) is 0 Å². The first-order chi connectivity index (χ1) is 7.74. The number of hydrogen-bond acceptors (Lipinski definition) is 3. The monoisotopic (exact) mass is 229 g/mol. The zero-order chi connectivity index (χ0) is 11.8. The van der Waals surface area contributed by atoms with E-state index in [1.807, 2.05) is 0 Å². The minimum Gasteiger partial charge on any atom is -0.443 e. The lowest BCUT2D eigenvalue weighted by molar-refractivity contribution is 0.0224. The zero-order valence-corrected chi connectivity index (χ0v) is 10.1. The fraction of sp³-hybridized carbons (Fsp3) is 0.917. The van der Waals surface area contributed by atoms with E-state index in [1.165, 1.54) is 12.8 Å². The van der Waals surface area contributed by atoms with Crippen molar-refractivity contribution in [2.75, 3.05) is 6.54 Å². The molecule has 94 valence electrons. The first kappa shape index (κ1) is 13.3. The molecule has 0 unspecified atom stereocenters. The molecule has 4 heteroatoms. The van der Waals surface area contributed by atoms with Gasteiger partial charge in [0.05, 0.1) is 6.10 Å². The number of ether oxygens (including phenoxy) is 1. The Kier molecular flexibility index (Phi) is 6.23. The van der Waals surface area contributed by atoms with Gasteiger partial charge in [0.2, 0.25) is 0 Å². The molecule has 0 heterocycles. The summed E-state index contributed by atoms with van der Waals surface area (Å²) in [5.74, 6) is 0. The molecule has 0 radical (unpaired) electrons. The quantitative estimate of drug-likeness (QED) is 0.686. The summed E-state index contributed by atoms with van der Waals surface area (Å²) in [7, 11) is 0. The van der Waals surface area contributed by atoms with Crippen LogP contribution in [0.1, 0.15) is 51.9 Å². The van der Waals surface area contributed by atoms with Crippen LogP contribution in [0.2, 0.25) is 0 Å². The topological polar surface area (TPSA) is 58.6 Å². The maximum absolute atomic E-state index is 11.3.